The molecule has 152 valence electrons. The van der Waals surface area contributed by atoms with Gasteiger partial charge in [-0.1, -0.05) is 23.7 Å². The van der Waals surface area contributed by atoms with Crippen molar-refractivity contribution in [2.24, 2.45) is 0 Å². The fourth-order valence-corrected chi connectivity index (χ4v) is 5.17. The summed E-state index contributed by atoms with van der Waals surface area (Å²) in [5, 5.41) is 4.48. The zero-order valence-corrected chi connectivity index (χ0v) is 17.6. The van der Waals surface area contributed by atoms with E-state index in [1.165, 1.54) is 37.0 Å². The van der Waals surface area contributed by atoms with Crippen molar-refractivity contribution in [2.45, 2.75) is 50.1 Å². The molecule has 0 aliphatic carbocycles. The number of piperidine rings is 2. The molecule has 5 rings (SSSR count). The molecule has 0 unspecified atom stereocenters. The van der Waals surface area contributed by atoms with E-state index in [0.717, 1.165) is 41.3 Å². The highest BCUT2D eigenvalue weighted by Crippen LogP contribution is 2.36. The number of hydrogen-bond donors (Lipinski definition) is 2. The van der Waals surface area contributed by atoms with Crippen LogP contribution in [0.25, 0.3) is 11.0 Å². The van der Waals surface area contributed by atoms with Crippen LogP contribution in [0, 0.1) is 0 Å². The summed E-state index contributed by atoms with van der Waals surface area (Å²) in [5.74, 6) is 1.65. The summed E-state index contributed by atoms with van der Waals surface area (Å²) in [4.78, 5) is 15.6. The highest BCUT2D eigenvalue weighted by molar-refractivity contribution is 6.31. The molecule has 2 atom stereocenters. The molecule has 5 nitrogen and oxygen atoms in total. The standard InChI is InChI=1S/C23H28ClN5/c1-29-13-10-15(11-14-29)16-5-2-7-18-21(16)28-23(27-18)20-9-3-8-19(26-20)22-17(24)6-4-12-25-22/h2,4-7,12,15,19-20,26H,3,8-11,13-14H2,1H3,(H,27,28)/t19-,20+/m0/s1. The number of pyridine rings is 1. The summed E-state index contributed by atoms with van der Waals surface area (Å²) in [6, 6.07) is 10.7. The molecule has 2 saturated heterocycles. The van der Waals surface area contributed by atoms with E-state index in [2.05, 4.69) is 45.4 Å². The topological polar surface area (TPSA) is 56.8 Å². The number of fused-ring (bicyclic) bond motifs is 1. The predicted octanol–water partition coefficient (Wildman–Crippen LogP) is 4.98. The Morgan fingerprint density at radius 3 is 2.69 bits per heavy atom. The van der Waals surface area contributed by atoms with Crippen molar-refractivity contribution < 1.29 is 0 Å². The zero-order chi connectivity index (χ0) is 19.8. The van der Waals surface area contributed by atoms with Crippen LogP contribution in [-0.2, 0) is 0 Å². The monoisotopic (exact) mass is 409 g/mol. The summed E-state index contributed by atoms with van der Waals surface area (Å²) in [6.07, 6.45) is 7.51. The van der Waals surface area contributed by atoms with Gasteiger partial charge in [-0.3, -0.25) is 10.3 Å². The average molecular weight is 410 g/mol. The molecule has 0 amide bonds. The number of halogens is 1. The number of rotatable bonds is 3. The minimum atomic E-state index is 0.170. The van der Waals surface area contributed by atoms with Gasteiger partial charge in [-0.15, -0.1) is 0 Å². The number of aromatic nitrogens is 3. The highest BCUT2D eigenvalue weighted by atomic mass is 35.5. The third-order valence-corrected chi connectivity index (χ3v) is 6.88. The third kappa shape index (κ3) is 3.79. The summed E-state index contributed by atoms with van der Waals surface area (Å²) < 4.78 is 0. The van der Waals surface area contributed by atoms with Gasteiger partial charge in [0.15, 0.2) is 0 Å². The number of nitrogens with zero attached hydrogens (tertiary/aromatic N) is 3. The second kappa shape index (κ2) is 8.05. The van der Waals surface area contributed by atoms with Crippen LogP contribution in [0.4, 0.5) is 0 Å². The lowest BCUT2D eigenvalue weighted by atomic mass is 9.89. The van der Waals surface area contributed by atoms with Gasteiger partial charge in [0.25, 0.3) is 0 Å². The number of likely N-dealkylation sites (tertiary alicyclic amines) is 1. The van der Waals surface area contributed by atoms with E-state index >= 15 is 0 Å². The van der Waals surface area contributed by atoms with Crippen molar-refractivity contribution in [3.63, 3.8) is 0 Å². The Labute approximate surface area is 176 Å². The van der Waals surface area contributed by atoms with Gasteiger partial charge in [0.2, 0.25) is 0 Å². The van der Waals surface area contributed by atoms with E-state index in [9.17, 15) is 0 Å². The Morgan fingerprint density at radius 2 is 1.86 bits per heavy atom. The molecule has 2 aliphatic rings. The van der Waals surface area contributed by atoms with E-state index in [1.54, 1.807) is 0 Å². The van der Waals surface area contributed by atoms with Crippen molar-refractivity contribution in [1.29, 1.82) is 0 Å². The minimum Gasteiger partial charge on any atom is -0.340 e. The number of nitrogens with one attached hydrogen (secondary N) is 2. The maximum absolute atomic E-state index is 6.40. The molecule has 29 heavy (non-hydrogen) atoms. The van der Waals surface area contributed by atoms with Crippen LogP contribution in [-0.4, -0.2) is 40.0 Å². The Balaban J connectivity index is 1.42. The summed E-state index contributed by atoms with van der Waals surface area (Å²) in [5.41, 5.74) is 4.67. The number of para-hydroxylation sites is 1. The van der Waals surface area contributed by atoms with Gasteiger partial charge >= 0.3 is 0 Å². The lowest BCUT2D eigenvalue weighted by Crippen LogP contribution is -2.32. The molecule has 6 heteroatoms. The minimum absolute atomic E-state index is 0.170. The zero-order valence-electron chi connectivity index (χ0n) is 16.9. The van der Waals surface area contributed by atoms with E-state index in [-0.39, 0.29) is 12.1 Å². The SMILES string of the molecule is CN1CCC(c2cccc3nc([C@H]4CCC[C@@H](c5ncccc5Cl)N4)[nH]c23)CC1. The molecule has 2 N–H and O–H groups in total. The first kappa shape index (κ1) is 19.0. The average Bonchev–Trinajstić information content (AvgIpc) is 3.19. The van der Waals surface area contributed by atoms with Gasteiger partial charge in [-0.2, -0.15) is 0 Å². The molecule has 1 aromatic carbocycles. The number of benzene rings is 1. The van der Waals surface area contributed by atoms with Crippen LogP contribution in [0.15, 0.2) is 36.5 Å². The van der Waals surface area contributed by atoms with E-state index in [0.29, 0.717) is 5.92 Å². The van der Waals surface area contributed by atoms with Crippen LogP contribution in [0.2, 0.25) is 5.02 Å². The van der Waals surface area contributed by atoms with Gasteiger partial charge in [0, 0.05) is 6.20 Å². The maximum Gasteiger partial charge on any atom is 0.124 e. The largest absolute Gasteiger partial charge is 0.340 e. The Kier molecular flexibility index (Phi) is 5.29. The fourth-order valence-electron chi connectivity index (χ4n) is 4.92. The fraction of sp³-hybridized carbons (Fsp3) is 0.478. The Morgan fingerprint density at radius 1 is 1.03 bits per heavy atom. The highest BCUT2D eigenvalue weighted by Gasteiger charge is 2.28. The van der Waals surface area contributed by atoms with Crippen molar-refractivity contribution in [3.05, 3.63) is 58.6 Å². The number of H-pyrrole nitrogens is 1. The summed E-state index contributed by atoms with van der Waals surface area (Å²) in [7, 11) is 2.21. The van der Waals surface area contributed by atoms with Crippen LogP contribution in [0.1, 0.15) is 67.2 Å². The van der Waals surface area contributed by atoms with Crippen molar-refractivity contribution >= 4 is 22.6 Å². The second-order valence-electron chi connectivity index (χ2n) is 8.51. The van der Waals surface area contributed by atoms with Gasteiger partial charge in [0.05, 0.1) is 33.8 Å². The van der Waals surface area contributed by atoms with Crippen LogP contribution in [0.5, 0.6) is 0 Å². The maximum atomic E-state index is 6.40. The number of hydrogen-bond acceptors (Lipinski definition) is 4. The third-order valence-electron chi connectivity index (χ3n) is 6.56. The lowest BCUT2D eigenvalue weighted by Gasteiger charge is -2.30. The van der Waals surface area contributed by atoms with Crippen molar-refractivity contribution in [2.75, 3.05) is 20.1 Å². The van der Waals surface area contributed by atoms with Gasteiger partial charge < -0.3 is 9.88 Å². The quantitative estimate of drug-likeness (QED) is 0.640. The molecule has 0 bridgehead atoms. The van der Waals surface area contributed by atoms with Crippen molar-refractivity contribution in [1.82, 2.24) is 25.2 Å². The molecule has 0 saturated carbocycles. The molecular weight excluding hydrogens is 382 g/mol. The first-order valence-electron chi connectivity index (χ1n) is 10.7. The van der Waals surface area contributed by atoms with Gasteiger partial charge in [0.1, 0.15) is 5.82 Å². The first-order chi connectivity index (χ1) is 14.2. The van der Waals surface area contributed by atoms with E-state index in [1.807, 2.05) is 18.3 Å². The Hall–Kier alpha value is -1.95. The molecule has 0 radical (unpaired) electrons. The number of imidazole rings is 1. The normalized spacial score (nSPS) is 24.2. The second-order valence-corrected chi connectivity index (χ2v) is 8.92. The molecule has 4 heterocycles. The summed E-state index contributed by atoms with van der Waals surface area (Å²) >= 11 is 6.40. The van der Waals surface area contributed by atoms with E-state index < -0.39 is 0 Å². The molecule has 0 spiro atoms. The molecule has 3 aromatic rings. The van der Waals surface area contributed by atoms with E-state index in [4.69, 9.17) is 16.6 Å². The van der Waals surface area contributed by atoms with Gasteiger partial charge in [-0.25, -0.2) is 4.98 Å². The smallest absolute Gasteiger partial charge is 0.124 e. The molecule has 2 aliphatic heterocycles. The van der Waals surface area contributed by atoms with Crippen molar-refractivity contribution in [3.8, 4) is 0 Å². The lowest BCUT2D eigenvalue weighted by molar-refractivity contribution is 0.256. The van der Waals surface area contributed by atoms with Gasteiger partial charge in [-0.05, 0) is 81.9 Å². The Bertz CT molecular complexity index is 992. The summed E-state index contributed by atoms with van der Waals surface area (Å²) in [6.45, 7) is 2.33. The molecular formula is C23H28ClN5. The molecule has 2 aromatic heterocycles. The predicted molar refractivity (Wildman–Crippen MR) is 117 cm³/mol. The first-order valence-corrected chi connectivity index (χ1v) is 11.1. The van der Waals surface area contributed by atoms with Crippen LogP contribution in [0.3, 0.4) is 0 Å². The van der Waals surface area contributed by atoms with Crippen LogP contribution < -0.4 is 5.32 Å². The van der Waals surface area contributed by atoms with Crippen LogP contribution >= 0.6 is 11.6 Å². The molecule has 2 fully saturated rings. The number of aromatic amines is 1.